The van der Waals surface area contributed by atoms with Crippen molar-refractivity contribution in [3.63, 3.8) is 0 Å². The van der Waals surface area contributed by atoms with Crippen molar-refractivity contribution in [2.75, 3.05) is 19.0 Å². The van der Waals surface area contributed by atoms with Gasteiger partial charge in [0.1, 0.15) is 5.75 Å². The lowest BCUT2D eigenvalue weighted by molar-refractivity contribution is 0.261. The van der Waals surface area contributed by atoms with Crippen LogP contribution in [0, 0.1) is 11.8 Å². The quantitative estimate of drug-likeness (QED) is 0.849. The van der Waals surface area contributed by atoms with Gasteiger partial charge in [0.2, 0.25) is 0 Å². The lowest BCUT2D eigenvalue weighted by Gasteiger charge is -2.30. The first-order valence-corrected chi connectivity index (χ1v) is 7.20. The minimum absolute atomic E-state index is 0.697. The molecule has 0 saturated heterocycles. The topological polar surface area (TPSA) is 21.3 Å². The van der Waals surface area contributed by atoms with Crippen LogP contribution >= 0.6 is 0 Å². The Bertz CT molecular complexity index is 421. The molecule has 1 fully saturated rings. The second-order valence-corrected chi connectivity index (χ2v) is 5.93. The summed E-state index contributed by atoms with van der Waals surface area (Å²) in [7, 11) is 1.76. The molecule has 0 radical (unpaired) electrons. The molecule has 2 aliphatic rings. The first kappa shape index (κ1) is 11.9. The van der Waals surface area contributed by atoms with Crippen LogP contribution in [0.3, 0.4) is 0 Å². The first-order valence-electron chi connectivity index (χ1n) is 7.20. The Balaban J connectivity index is 1.82. The van der Waals surface area contributed by atoms with Crippen LogP contribution in [-0.4, -0.2) is 13.7 Å². The molecule has 2 nitrogen and oxygen atoms in total. The number of rotatable bonds is 2. The molecule has 1 atom stereocenters. The van der Waals surface area contributed by atoms with Crippen molar-refractivity contribution >= 4 is 5.69 Å². The normalized spacial score (nSPS) is 30.7. The third-order valence-corrected chi connectivity index (χ3v) is 4.81. The Morgan fingerprint density at radius 1 is 1.17 bits per heavy atom. The fourth-order valence-electron chi connectivity index (χ4n) is 3.65. The molecule has 0 aromatic heterocycles. The number of anilines is 1. The van der Waals surface area contributed by atoms with Crippen molar-refractivity contribution in [3.8, 4) is 5.75 Å². The van der Waals surface area contributed by atoms with E-state index in [-0.39, 0.29) is 0 Å². The Morgan fingerprint density at radius 3 is 2.67 bits per heavy atom. The van der Waals surface area contributed by atoms with E-state index in [4.69, 9.17) is 4.74 Å². The van der Waals surface area contributed by atoms with Gasteiger partial charge in [0.05, 0.1) is 12.8 Å². The summed E-state index contributed by atoms with van der Waals surface area (Å²) in [5, 5.41) is 3.55. The standard InChI is InChI=1S/C16H23NO/c1-11-6-8-12(9-7-11)14-10-17-16-13(14)4-3-5-15(16)18-2/h3-5,11-12,14,17H,6-10H2,1-2H3. The summed E-state index contributed by atoms with van der Waals surface area (Å²) in [4.78, 5) is 0. The largest absolute Gasteiger partial charge is 0.495 e. The van der Waals surface area contributed by atoms with Crippen molar-refractivity contribution in [2.24, 2.45) is 11.8 Å². The van der Waals surface area contributed by atoms with Crippen molar-refractivity contribution in [3.05, 3.63) is 23.8 Å². The maximum absolute atomic E-state index is 5.45. The molecule has 0 amide bonds. The molecule has 1 aromatic carbocycles. The minimum atomic E-state index is 0.697. The molecule has 1 unspecified atom stereocenters. The molecule has 3 rings (SSSR count). The third kappa shape index (κ3) is 1.98. The van der Waals surface area contributed by atoms with Crippen LogP contribution in [0.15, 0.2) is 18.2 Å². The Kier molecular flexibility index (Phi) is 3.19. The summed E-state index contributed by atoms with van der Waals surface area (Å²) < 4.78 is 5.45. The van der Waals surface area contributed by atoms with Crippen LogP contribution in [0.5, 0.6) is 5.75 Å². The fourth-order valence-corrected chi connectivity index (χ4v) is 3.65. The van der Waals surface area contributed by atoms with Gasteiger partial charge in [0.25, 0.3) is 0 Å². The number of para-hydroxylation sites is 1. The van der Waals surface area contributed by atoms with E-state index in [1.54, 1.807) is 7.11 Å². The SMILES string of the molecule is COc1cccc2c1NCC2C1CCC(C)CC1. The highest BCUT2D eigenvalue weighted by Crippen LogP contribution is 2.46. The van der Waals surface area contributed by atoms with Gasteiger partial charge in [-0.25, -0.2) is 0 Å². The van der Waals surface area contributed by atoms with Crippen LogP contribution in [0.25, 0.3) is 0 Å². The zero-order chi connectivity index (χ0) is 12.5. The van der Waals surface area contributed by atoms with Gasteiger partial charge in [0, 0.05) is 12.5 Å². The highest BCUT2D eigenvalue weighted by Gasteiger charge is 2.33. The van der Waals surface area contributed by atoms with E-state index in [2.05, 4.69) is 30.4 Å². The molecule has 1 aliphatic carbocycles. The van der Waals surface area contributed by atoms with Gasteiger partial charge in [0.15, 0.2) is 0 Å². The van der Waals surface area contributed by atoms with Crippen LogP contribution < -0.4 is 10.1 Å². The Morgan fingerprint density at radius 2 is 1.94 bits per heavy atom. The summed E-state index contributed by atoms with van der Waals surface area (Å²) in [5.74, 6) is 3.49. The monoisotopic (exact) mass is 245 g/mol. The number of methoxy groups -OCH3 is 1. The molecule has 1 aromatic rings. The van der Waals surface area contributed by atoms with Crippen LogP contribution in [0.1, 0.15) is 44.1 Å². The first-order chi connectivity index (χ1) is 8.79. The van der Waals surface area contributed by atoms with Crippen molar-refractivity contribution < 1.29 is 4.74 Å². The predicted octanol–water partition coefficient (Wildman–Crippen LogP) is 4.03. The van der Waals surface area contributed by atoms with E-state index in [0.717, 1.165) is 24.1 Å². The van der Waals surface area contributed by atoms with Gasteiger partial charge in [-0.15, -0.1) is 0 Å². The van der Waals surface area contributed by atoms with E-state index >= 15 is 0 Å². The van der Waals surface area contributed by atoms with Crippen molar-refractivity contribution in [1.29, 1.82) is 0 Å². The molecule has 0 bridgehead atoms. The highest BCUT2D eigenvalue weighted by atomic mass is 16.5. The minimum Gasteiger partial charge on any atom is -0.495 e. The lowest BCUT2D eigenvalue weighted by atomic mass is 9.74. The van der Waals surface area contributed by atoms with E-state index in [9.17, 15) is 0 Å². The molecule has 1 aliphatic heterocycles. The second kappa shape index (κ2) is 4.83. The van der Waals surface area contributed by atoms with E-state index in [0.29, 0.717) is 5.92 Å². The van der Waals surface area contributed by atoms with Gasteiger partial charge < -0.3 is 10.1 Å². The van der Waals surface area contributed by atoms with E-state index < -0.39 is 0 Å². The van der Waals surface area contributed by atoms with Crippen molar-refractivity contribution in [2.45, 2.75) is 38.5 Å². The summed E-state index contributed by atoms with van der Waals surface area (Å²) in [6.07, 6.45) is 5.59. The number of hydrogen-bond donors (Lipinski definition) is 1. The Labute approximate surface area is 110 Å². The van der Waals surface area contributed by atoms with Crippen LogP contribution in [-0.2, 0) is 0 Å². The molecule has 2 heteroatoms. The van der Waals surface area contributed by atoms with Gasteiger partial charge in [-0.3, -0.25) is 0 Å². The van der Waals surface area contributed by atoms with Gasteiger partial charge in [-0.2, -0.15) is 0 Å². The summed E-state index contributed by atoms with van der Waals surface area (Å²) in [5.41, 5.74) is 2.72. The smallest absolute Gasteiger partial charge is 0.142 e. The molecule has 1 N–H and O–H groups in total. The zero-order valence-corrected chi connectivity index (χ0v) is 11.4. The third-order valence-electron chi connectivity index (χ3n) is 4.81. The van der Waals surface area contributed by atoms with Gasteiger partial charge in [-0.1, -0.05) is 31.9 Å². The number of ether oxygens (including phenoxy) is 1. The molecule has 98 valence electrons. The molecule has 1 saturated carbocycles. The molecule has 1 heterocycles. The zero-order valence-electron chi connectivity index (χ0n) is 11.4. The second-order valence-electron chi connectivity index (χ2n) is 5.93. The fraction of sp³-hybridized carbons (Fsp3) is 0.625. The number of fused-ring (bicyclic) bond motifs is 1. The molecular formula is C16H23NO. The summed E-state index contributed by atoms with van der Waals surface area (Å²) >= 11 is 0. The Hall–Kier alpha value is -1.18. The number of nitrogens with one attached hydrogen (secondary N) is 1. The molecule has 18 heavy (non-hydrogen) atoms. The maximum atomic E-state index is 5.45. The maximum Gasteiger partial charge on any atom is 0.142 e. The average Bonchev–Trinajstić information content (AvgIpc) is 2.83. The summed E-state index contributed by atoms with van der Waals surface area (Å²) in [6.45, 7) is 3.48. The van der Waals surface area contributed by atoms with Gasteiger partial charge >= 0.3 is 0 Å². The highest BCUT2D eigenvalue weighted by molar-refractivity contribution is 5.67. The number of hydrogen-bond acceptors (Lipinski definition) is 2. The number of benzene rings is 1. The predicted molar refractivity (Wildman–Crippen MR) is 75.3 cm³/mol. The lowest BCUT2D eigenvalue weighted by Crippen LogP contribution is -2.20. The van der Waals surface area contributed by atoms with Crippen LogP contribution in [0.2, 0.25) is 0 Å². The van der Waals surface area contributed by atoms with Gasteiger partial charge in [-0.05, 0) is 36.3 Å². The average molecular weight is 245 g/mol. The van der Waals surface area contributed by atoms with Crippen molar-refractivity contribution in [1.82, 2.24) is 0 Å². The summed E-state index contributed by atoms with van der Waals surface area (Å²) in [6, 6.07) is 6.46. The van der Waals surface area contributed by atoms with Crippen LogP contribution in [0.4, 0.5) is 5.69 Å². The molecular weight excluding hydrogens is 222 g/mol. The van der Waals surface area contributed by atoms with E-state index in [1.807, 2.05) is 0 Å². The molecule has 0 spiro atoms. The van der Waals surface area contributed by atoms with E-state index in [1.165, 1.54) is 36.9 Å².